The Morgan fingerprint density at radius 1 is 0.892 bits per heavy atom. The van der Waals surface area contributed by atoms with Gasteiger partial charge < -0.3 is 10.2 Å². The van der Waals surface area contributed by atoms with Crippen molar-refractivity contribution < 1.29 is 22.4 Å². The Hall–Kier alpha value is -3.72. The molecular weight excluding hydrogens is 493 g/mol. The molecule has 0 aliphatic carbocycles. The van der Waals surface area contributed by atoms with Crippen molar-refractivity contribution in [2.45, 2.75) is 51.2 Å². The van der Waals surface area contributed by atoms with Crippen molar-refractivity contribution in [2.24, 2.45) is 0 Å². The van der Waals surface area contributed by atoms with Crippen molar-refractivity contribution in [3.8, 4) is 0 Å². The van der Waals surface area contributed by atoms with E-state index in [-0.39, 0.29) is 29.1 Å². The Labute approximate surface area is 218 Å². The molecule has 0 bridgehead atoms. The van der Waals surface area contributed by atoms with E-state index >= 15 is 0 Å². The van der Waals surface area contributed by atoms with E-state index in [0.717, 1.165) is 27.6 Å². The van der Waals surface area contributed by atoms with Crippen LogP contribution >= 0.6 is 0 Å². The van der Waals surface area contributed by atoms with Gasteiger partial charge in [0, 0.05) is 12.6 Å². The van der Waals surface area contributed by atoms with Gasteiger partial charge in [-0.05, 0) is 69.7 Å². The third kappa shape index (κ3) is 7.16. The molecule has 0 saturated carbocycles. The molecule has 9 heteroatoms. The van der Waals surface area contributed by atoms with Crippen LogP contribution in [-0.2, 0) is 26.2 Å². The fraction of sp³-hybridized carbons (Fsp3) is 0.286. The summed E-state index contributed by atoms with van der Waals surface area (Å²) in [5, 5.41) is 2.81. The van der Waals surface area contributed by atoms with E-state index in [1.807, 2.05) is 51.1 Å². The van der Waals surface area contributed by atoms with Crippen LogP contribution in [0.25, 0.3) is 0 Å². The van der Waals surface area contributed by atoms with Gasteiger partial charge in [0.1, 0.15) is 18.4 Å². The summed E-state index contributed by atoms with van der Waals surface area (Å²) >= 11 is 0. The van der Waals surface area contributed by atoms with Gasteiger partial charge >= 0.3 is 0 Å². The number of anilines is 1. The summed E-state index contributed by atoms with van der Waals surface area (Å²) in [6, 6.07) is 19.3. The SMILES string of the molecule is Cc1ccc(S(=O)(=O)N(CC(=O)N(Cc2ccccc2)C(C)C(=O)NC(C)C)c2ccc(F)cc2)cc1. The molecule has 0 aromatic heterocycles. The number of nitrogens with one attached hydrogen (secondary N) is 1. The molecule has 0 aliphatic heterocycles. The van der Waals surface area contributed by atoms with Crippen LogP contribution in [0, 0.1) is 12.7 Å². The van der Waals surface area contributed by atoms with E-state index < -0.39 is 34.3 Å². The van der Waals surface area contributed by atoms with Crippen LogP contribution in [0.3, 0.4) is 0 Å². The van der Waals surface area contributed by atoms with Crippen molar-refractivity contribution in [2.75, 3.05) is 10.8 Å². The van der Waals surface area contributed by atoms with E-state index in [1.165, 1.54) is 29.2 Å². The zero-order valence-corrected chi connectivity index (χ0v) is 22.2. The molecule has 0 aliphatic rings. The van der Waals surface area contributed by atoms with Crippen LogP contribution in [0.4, 0.5) is 10.1 Å². The topological polar surface area (TPSA) is 86.8 Å². The van der Waals surface area contributed by atoms with Crippen LogP contribution in [0.5, 0.6) is 0 Å². The van der Waals surface area contributed by atoms with Gasteiger partial charge in [-0.3, -0.25) is 13.9 Å². The molecule has 2 amide bonds. The molecule has 0 saturated heterocycles. The van der Waals surface area contributed by atoms with E-state index in [4.69, 9.17) is 0 Å². The first-order valence-electron chi connectivity index (χ1n) is 12.0. The maximum Gasteiger partial charge on any atom is 0.264 e. The maximum atomic E-state index is 13.7. The highest BCUT2D eigenvalue weighted by Gasteiger charge is 2.32. The minimum absolute atomic E-state index is 0.00423. The first-order chi connectivity index (χ1) is 17.5. The fourth-order valence-electron chi connectivity index (χ4n) is 3.74. The van der Waals surface area contributed by atoms with E-state index in [9.17, 15) is 22.4 Å². The molecular formula is C28H32FN3O4S. The van der Waals surface area contributed by atoms with Crippen LogP contribution < -0.4 is 9.62 Å². The minimum atomic E-state index is -4.19. The second-order valence-corrected chi connectivity index (χ2v) is 11.0. The second-order valence-electron chi connectivity index (χ2n) is 9.15. The average Bonchev–Trinajstić information content (AvgIpc) is 2.86. The van der Waals surface area contributed by atoms with Crippen LogP contribution in [0.15, 0.2) is 83.8 Å². The molecule has 0 fully saturated rings. The van der Waals surface area contributed by atoms with Gasteiger partial charge in [0.25, 0.3) is 10.0 Å². The Kier molecular flexibility index (Phi) is 9.04. The summed E-state index contributed by atoms with van der Waals surface area (Å²) in [4.78, 5) is 27.9. The highest BCUT2D eigenvalue weighted by atomic mass is 32.2. The summed E-state index contributed by atoms with van der Waals surface area (Å²) in [5.41, 5.74) is 1.80. The molecule has 1 atom stereocenters. The highest BCUT2D eigenvalue weighted by molar-refractivity contribution is 7.92. The third-order valence-electron chi connectivity index (χ3n) is 5.80. The quantitative estimate of drug-likeness (QED) is 0.428. The zero-order chi connectivity index (χ0) is 27.2. The predicted molar refractivity (Wildman–Crippen MR) is 142 cm³/mol. The second kappa shape index (κ2) is 12.0. The van der Waals surface area contributed by atoms with Gasteiger partial charge in [-0.25, -0.2) is 12.8 Å². The van der Waals surface area contributed by atoms with Crippen LogP contribution in [0.1, 0.15) is 31.9 Å². The lowest BCUT2D eigenvalue weighted by Gasteiger charge is -2.32. The zero-order valence-electron chi connectivity index (χ0n) is 21.4. The minimum Gasteiger partial charge on any atom is -0.352 e. The highest BCUT2D eigenvalue weighted by Crippen LogP contribution is 2.25. The summed E-state index contributed by atoms with van der Waals surface area (Å²) in [6.07, 6.45) is 0. The van der Waals surface area contributed by atoms with Crippen molar-refractivity contribution in [3.63, 3.8) is 0 Å². The summed E-state index contributed by atoms with van der Waals surface area (Å²) < 4.78 is 42.0. The Morgan fingerprint density at radius 2 is 1.49 bits per heavy atom. The number of carbonyl (C=O) groups is 2. The Bertz CT molecular complexity index is 1310. The third-order valence-corrected chi connectivity index (χ3v) is 7.58. The Balaban J connectivity index is 2.01. The molecule has 1 unspecified atom stereocenters. The number of sulfonamides is 1. The van der Waals surface area contributed by atoms with Crippen molar-refractivity contribution in [1.29, 1.82) is 0 Å². The number of amides is 2. The molecule has 196 valence electrons. The normalized spacial score (nSPS) is 12.2. The lowest BCUT2D eigenvalue weighted by Crippen LogP contribution is -2.52. The fourth-order valence-corrected chi connectivity index (χ4v) is 5.16. The molecule has 1 N–H and O–H groups in total. The molecule has 0 heterocycles. The molecule has 3 aromatic rings. The first kappa shape index (κ1) is 27.9. The van der Waals surface area contributed by atoms with Crippen LogP contribution in [-0.4, -0.2) is 43.8 Å². The lowest BCUT2D eigenvalue weighted by atomic mass is 10.1. The van der Waals surface area contributed by atoms with Crippen LogP contribution in [0.2, 0.25) is 0 Å². The largest absolute Gasteiger partial charge is 0.352 e. The van der Waals surface area contributed by atoms with E-state index in [2.05, 4.69) is 5.32 Å². The number of aryl methyl sites for hydroxylation is 1. The Morgan fingerprint density at radius 3 is 2.05 bits per heavy atom. The summed E-state index contributed by atoms with van der Waals surface area (Å²) in [7, 11) is -4.19. The van der Waals surface area contributed by atoms with Crippen molar-refractivity contribution >= 4 is 27.5 Å². The lowest BCUT2D eigenvalue weighted by molar-refractivity contribution is -0.139. The number of rotatable bonds is 10. The van der Waals surface area contributed by atoms with Gasteiger partial charge in [0.15, 0.2) is 0 Å². The van der Waals surface area contributed by atoms with Gasteiger partial charge in [0.2, 0.25) is 11.8 Å². The van der Waals surface area contributed by atoms with Gasteiger partial charge in [-0.15, -0.1) is 0 Å². The monoisotopic (exact) mass is 525 g/mol. The van der Waals surface area contributed by atoms with Crippen molar-refractivity contribution in [1.82, 2.24) is 10.2 Å². The summed E-state index contributed by atoms with van der Waals surface area (Å²) in [6.45, 7) is 6.61. The number of halogens is 1. The molecule has 0 radical (unpaired) electrons. The number of nitrogens with zero attached hydrogens (tertiary/aromatic N) is 2. The number of hydrogen-bond donors (Lipinski definition) is 1. The number of carbonyl (C=O) groups excluding carboxylic acids is 2. The van der Waals surface area contributed by atoms with Gasteiger partial charge in [-0.1, -0.05) is 48.0 Å². The number of hydrogen-bond acceptors (Lipinski definition) is 4. The van der Waals surface area contributed by atoms with Crippen molar-refractivity contribution in [3.05, 3.63) is 95.8 Å². The predicted octanol–water partition coefficient (Wildman–Crippen LogP) is 4.27. The average molecular weight is 526 g/mol. The molecule has 0 spiro atoms. The molecule has 3 aromatic carbocycles. The van der Waals surface area contributed by atoms with E-state index in [1.54, 1.807) is 19.1 Å². The first-order valence-corrected chi connectivity index (χ1v) is 13.4. The van der Waals surface area contributed by atoms with Gasteiger partial charge in [-0.2, -0.15) is 0 Å². The maximum absolute atomic E-state index is 13.7. The smallest absolute Gasteiger partial charge is 0.264 e. The summed E-state index contributed by atoms with van der Waals surface area (Å²) in [5.74, 6) is -1.46. The molecule has 7 nitrogen and oxygen atoms in total. The molecule has 37 heavy (non-hydrogen) atoms. The van der Waals surface area contributed by atoms with Gasteiger partial charge in [0.05, 0.1) is 10.6 Å². The standard InChI is InChI=1S/C28H32FN3O4S/c1-20(2)30-28(34)22(4)31(18-23-8-6-5-7-9-23)27(33)19-32(25-14-12-24(29)13-15-25)37(35,36)26-16-10-21(3)11-17-26/h5-17,20,22H,18-19H2,1-4H3,(H,30,34). The molecule has 3 rings (SSSR count). The van der Waals surface area contributed by atoms with E-state index in [0.29, 0.717) is 0 Å². The number of benzene rings is 3.